The van der Waals surface area contributed by atoms with Crippen LogP contribution in [-0.2, 0) is 65.4 Å². The van der Waals surface area contributed by atoms with Crippen LogP contribution in [0.15, 0.2) is 0 Å². The molecule has 0 heterocycles. The van der Waals surface area contributed by atoms with Crippen molar-refractivity contribution in [3.8, 4) is 0 Å². The van der Waals surface area contributed by atoms with Gasteiger partial charge in [-0.15, -0.1) is 0 Å². The molecule has 0 amide bonds. The Kier molecular flexibility index (Phi) is 75.0. The van der Waals surface area contributed by atoms with Gasteiger partial charge in [-0.05, 0) is 37.5 Å². The van der Waals surface area contributed by atoms with Gasteiger partial charge in [-0.25, -0.2) is 9.13 Å². The molecule has 3 N–H and O–H groups in total. The maximum absolute atomic E-state index is 13.1. The Bertz CT molecular complexity index is 2000. The predicted molar refractivity (Wildman–Crippen MR) is 428 cm³/mol. The van der Waals surface area contributed by atoms with E-state index in [1.54, 1.807) is 0 Å². The average molecular weight is 1520 g/mol. The van der Waals surface area contributed by atoms with E-state index in [1.165, 1.54) is 263 Å². The van der Waals surface area contributed by atoms with E-state index in [0.717, 1.165) is 108 Å². The Labute approximate surface area is 638 Å². The molecule has 0 radical (unpaired) electrons. The van der Waals surface area contributed by atoms with Crippen molar-refractivity contribution in [2.75, 3.05) is 39.6 Å². The number of carbonyl (C=O) groups is 4. The molecule has 0 aliphatic heterocycles. The SMILES string of the molecule is CCCCCCCCCCCCCCCCCCCCCCCCC(=O)O[C@H](COC(=O)CCCCCCCCCCCCCCCCCCC(C)C)COP(=O)(O)OC[C@@H](O)COP(=O)(O)OC[C@@H](COC(=O)CCCCCCCCC(C)CC)OC(=O)CCCCCCCCCCCCCCC. The van der Waals surface area contributed by atoms with Gasteiger partial charge >= 0.3 is 39.5 Å². The van der Waals surface area contributed by atoms with Crippen LogP contribution < -0.4 is 0 Å². The summed E-state index contributed by atoms with van der Waals surface area (Å²) >= 11 is 0. The standard InChI is InChI=1S/C85H166O17P2/c1-7-10-12-14-16-18-20-22-23-24-25-26-27-28-29-34-38-42-46-50-58-64-70-84(89)101-80(73-95-82(87)67-61-55-48-44-40-37-33-31-30-32-36-39-43-47-53-59-65-77(4)5)75-99-103(91,92)97-71-79(86)72-98-104(93,94)100-76-81(74-96-83(88)68-62-56-52-51-54-60-66-78(6)9-3)102-85(90)69-63-57-49-45-41-35-21-19-17-15-13-11-8-2/h77-81,86H,7-76H2,1-6H3,(H,91,92)(H,93,94)/t78?,79-,80-,81-/m1/s1. The fourth-order valence-corrected chi connectivity index (χ4v) is 14.8. The van der Waals surface area contributed by atoms with E-state index in [9.17, 15) is 43.2 Å². The third kappa shape index (κ3) is 76.8. The molecule has 19 heteroatoms. The van der Waals surface area contributed by atoms with Crippen molar-refractivity contribution >= 4 is 39.5 Å². The molecule has 0 saturated heterocycles. The van der Waals surface area contributed by atoms with Crippen LogP contribution in [0.4, 0.5) is 0 Å². The van der Waals surface area contributed by atoms with Crippen LogP contribution in [0, 0.1) is 11.8 Å². The maximum Gasteiger partial charge on any atom is 0.472 e. The number of carbonyl (C=O) groups excluding carboxylic acids is 4. The van der Waals surface area contributed by atoms with Crippen LogP contribution in [0.5, 0.6) is 0 Å². The second kappa shape index (κ2) is 76.4. The number of phosphoric ester groups is 2. The topological polar surface area (TPSA) is 237 Å². The first-order chi connectivity index (χ1) is 50.4. The lowest BCUT2D eigenvalue weighted by Crippen LogP contribution is -2.30. The summed E-state index contributed by atoms with van der Waals surface area (Å²) in [6, 6.07) is 0. The van der Waals surface area contributed by atoms with Crippen molar-refractivity contribution in [3.05, 3.63) is 0 Å². The van der Waals surface area contributed by atoms with E-state index in [2.05, 4.69) is 41.5 Å². The monoisotopic (exact) mass is 1520 g/mol. The summed E-state index contributed by atoms with van der Waals surface area (Å²) in [4.78, 5) is 73.1. The Morgan fingerprint density at radius 2 is 0.490 bits per heavy atom. The lowest BCUT2D eigenvalue weighted by molar-refractivity contribution is -0.161. The van der Waals surface area contributed by atoms with Crippen molar-refractivity contribution in [2.45, 2.75) is 471 Å². The molecule has 618 valence electrons. The molecular weight excluding hydrogens is 1350 g/mol. The second-order valence-corrected chi connectivity index (χ2v) is 34.2. The van der Waals surface area contributed by atoms with Gasteiger partial charge in [0.15, 0.2) is 12.2 Å². The third-order valence-electron chi connectivity index (χ3n) is 20.3. The molecule has 0 aliphatic carbocycles. The van der Waals surface area contributed by atoms with Crippen LogP contribution in [0.25, 0.3) is 0 Å². The van der Waals surface area contributed by atoms with Crippen LogP contribution in [-0.4, -0.2) is 96.7 Å². The number of rotatable bonds is 84. The van der Waals surface area contributed by atoms with E-state index in [-0.39, 0.29) is 25.7 Å². The van der Waals surface area contributed by atoms with Gasteiger partial charge in [0, 0.05) is 25.7 Å². The molecule has 3 unspecified atom stereocenters. The summed E-state index contributed by atoms with van der Waals surface area (Å²) < 4.78 is 68.8. The largest absolute Gasteiger partial charge is 0.472 e. The average Bonchev–Trinajstić information content (AvgIpc) is 0.915. The van der Waals surface area contributed by atoms with Gasteiger partial charge in [-0.2, -0.15) is 0 Å². The van der Waals surface area contributed by atoms with Crippen molar-refractivity contribution < 1.29 is 80.2 Å². The smallest absolute Gasteiger partial charge is 0.462 e. The Balaban J connectivity index is 5.21. The third-order valence-corrected chi connectivity index (χ3v) is 22.2. The summed E-state index contributed by atoms with van der Waals surface area (Å²) in [5, 5.41) is 10.7. The number of hydrogen-bond donors (Lipinski definition) is 3. The van der Waals surface area contributed by atoms with E-state index in [0.29, 0.717) is 25.7 Å². The molecule has 0 saturated carbocycles. The normalized spacial score (nSPS) is 14.1. The van der Waals surface area contributed by atoms with Gasteiger partial charge in [0.25, 0.3) is 0 Å². The molecule has 0 aromatic heterocycles. The molecule has 0 bridgehead atoms. The van der Waals surface area contributed by atoms with Gasteiger partial charge in [0.05, 0.1) is 26.4 Å². The van der Waals surface area contributed by atoms with E-state index in [1.807, 2.05) is 0 Å². The molecule has 17 nitrogen and oxygen atoms in total. The first-order valence-electron chi connectivity index (χ1n) is 44.0. The number of hydrogen-bond acceptors (Lipinski definition) is 15. The molecule has 6 atom stereocenters. The highest BCUT2D eigenvalue weighted by molar-refractivity contribution is 7.47. The van der Waals surface area contributed by atoms with E-state index >= 15 is 0 Å². The fraction of sp³-hybridized carbons (Fsp3) is 0.953. The number of unbranched alkanes of at least 4 members (excludes halogenated alkanes) is 53. The first-order valence-corrected chi connectivity index (χ1v) is 47.0. The van der Waals surface area contributed by atoms with Gasteiger partial charge in [-0.3, -0.25) is 37.3 Å². The minimum absolute atomic E-state index is 0.107. The number of esters is 4. The summed E-state index contributed by atoms with van der Waals surface area (Å²) in [5.41, 5.74) is 0. The molecule has 0 aromatic rings. The number of ether oxygens (including phenoxy) is 4. The fourth-order valence-electron chi connectivity index (χ4n) is 13.2. The van der Waals surface area contributed by atoms with Crippen LogP contribution >= 0.6 is 15.6 Å². The zero-order chi connectivity index (χ0) is 76.4. The zero-order valence-electron chi connectivity index (χ0n) is 68.3. The number of aliphatic hydroxyl groups excluding tert-OH is 1. The molecule has 0 spiro atoms. The quantitative estimate of drug-likeness (QED) is 0.0222. The van der Waals surface area contributed by atoms with Gasteiger partial charge in [-0.1, -0.05) is 401 Å². The van der Waals surface area contributed by atoms with Crippen molar-refractivity contribution in [1.82, 2.24) is 0 Å². The molecule has 104 heavy (non-hydrogen) atoms. The lowest BCUT2D eigenvalue weighted by Gasteiger charge is -2.21. The summed E-state index contributed by atoms with van der Waals surface area (Å²) in [5.74, 6) is -0.562. The number of aliphatic hydroxyl groups is 1. The minimum Gasteiger partial charge on any atom is -0.462 e. The van der Waals surface area contributed by atoms with Crippen molar-refractivity contribution in [1.29, 1.82) is 0 Å². The molecule has 0 rings (SSSR count). The zero-order valence-corrected chi connectivity index (χ0v) is 70.1. The van der Waals surface area contributed by atoms with E-state index in [4.69, 9.17) is 37.0 Å². The van der Waals surface area contributed by atoms with Crippen LogP contribution in [0.3, 0.4) is 0 Å². The molecule has 0 aromatic carbocycles. The van der Waals surface area contributed by atoms with Crippen molar-refractivity contribution in [2.24, 2.45) is 11.8 Å². The Hall–Kier alpha value is -1.94. The first kappa shape index (κ1) is 102. The highest BCUT2D eigenvalue weighted by Gasteiger charge is 2.30. The highest BCUT2D eigenvalue weighted by Crippen LogP contribution is 2.45. The maximum atomic E-state index is 13.1. The van der Waals surface area contributed by atoms with Gasteiger partial charge < -0.3 is 33.8 Å². The Morgan fingerprint density at radius 1 is 0.279 bits per heavy atom. The molecular formula is C85H166O17P2. The Morgan fingerprint density at radius 3 is 0.731 bits per heavy atom. The van der Waals surface area contributed by atoms with Crippen LogP contribution in [0.1, 0.15) is 452 Å². The van der Waals surface area contributed by atoms with Crippen LogP contribution in [0.2, 0.25) is 0 Å². The van der Waals surface area contributed by atoms with Crippen molar-refractivity contribution in [3.63, 3.8) is 0 Å². The molecule has 0 fully saturated rings. The number of phosphoric acid groups is 2. The summed E-state index contributed by atoms with van der Waals surface area (Å²) in [6.45, 7) is 9.65. The predicted octanol–water partition coefficient (Wildman–Crippen LogP) is 25.8. The highest BCUT2D eigenvalue weighted by atomic mass is 31.2. The van der Waals surface area contributed by atoms with E-state index < -0.39 is 97.5 Å². The lowest BCUT2D eigenvalue weighted by atomic mass is 10.00. The van der Waals surface area contributed by atoms with Gasteiger partial charge in [0.2, 0.25) is 0 Å². The van der Waals surface area contributed by atoms with Gasteiger partial charge in [0.1, 0.15) is 19.3 Å². The summed E-state index contributed by atoms with van der Waals surface area (Å²) in [6.07, 6.45) is 68.2. The minimum atomic E-state index is -4.97. The summed E-state index contributed by atoms with van der Waals surface area (Å²) in [7, 11) is -9.92. The molecule has 0 aliphatic rings. The second-order valence-electron chi connectivity index (χ2n) is 31.3.